The largest absolute Gasteiger partial charge is 0.440 e. The number of hydrogen-bond acceptors (Lipinski definition) is 8. The minimum absolute atomic E-state index is 0.0243. The summed E-state index contributed by atoms with van der Waals surface area (Å²) >= 11 is 0. The molecule has 11 heteroatoms. The second kappa shape index (κ2) is 11.7. The molecule has 0 bridgehead atoms. The maximum absolute atomic E-state index is 13.6. The number of anilines is 1. The Kier molecular flexibility index (Phi) is 7.98. The van der Waals surface area contributed by atoms with Crippen LogP contribution in [0.25, 0.3) is 22.7 Å². The zero-order valence-electron chi connectivity index (χ0n) is 23.7. The number of benzene rings is 2. The third-order valence-electron chi connectivity index (χ3n) is 8.95. The number of ketones is 1. The smallest absolute Gasteiger partial charge is 0.387 e. The van der Waals surface area contributed by atoms with Crippen molar-refractivity contribution in [2.24, 2.45) is 11.3 Å². The SMILES string of the molecule is N#CC1(CC(=O)[C@@H]2CCCC[C@H]2c2oc(-c3ccc(OC(F)F)cc3)nc2-c2ccc(N3CCS(=O)(=O)CC3)cc2)CC1. The fourth-order valence-electron chi connectivity index (χ4n) is 6.27. The van der Waals surface area contributed by atoms with E-state index >= 15 is 0 Å². The fraction of sp³-hybridized carbons (Fsp3) is 0.469. The molecule has 2 heterocycles. The van der Waals surface area contributed by atoms with Crippen LogP contribution >= 0.6 is 0 Å². The Morgan fingerprint density at radius 1 is 1.05 bits per heavy atom. The number of ether oxygens (including phenoxy) is 1. The van der Waals surface area contributed by atoms with Gasteiger partial charge < -0.3 is 14.1 Å². The molecule has 0 unspecified atom stereocenters. The lowest BCUT2D eigenvalue weighted by Gasteiger charge is -2.30. The molecule has 226 valence electrons. The van der Waals surface area contributed by atoms with Crippen LogP contribution in [0.5, 0.6) is 5.75 Å². The first-order valence-electron chi connectivity index (χ1n) is 14.7. The number of alkyl halides is 2. The minimum Gasteiger partial charge on any atom is -0.440 e. The third kappa shape index (κ3) is 6.44. The molecule has 8 nitrogen and oxygen atoms in total. The highest BCUT2D eigenvalue weighted by molar-refractivity contribution is 7.91. The summed E-state index contributed by atoms with van der Waals surface area (Å²) in [6.45, 7) is -2.07. The Morgan fingerprint density at radius 3 is 2.33 bits per heavy atom. The van der Waals surface area contributed by atoms with Gasteiger partial charge in [-0.05, 0) is 62.1 Å². The molecule has 0 amide bonds. The summed E-state index contributed by atoms with van der Waals surface area (Å²) in [4.78, 5) is 20.5. The number of carbonyl (C=O) groups excluding carboxylic acids is 1. The van der Waals surface area contributed by atoms with Gasteiger partial charge in [-0.15, -0.1) is 0 Å². The lowest BCUT2D eigenvalue weighted by atomic mass is 9.73. The highest BCUT2D eigenvalue weighted by Crippen LogP contribution is 2.51. The Labute approximate surface area is 249 Å². The molecular formula is C32H33F2N3O5S. The number of oxazole rings is 1. The summed E-state index contributed by atoms with van der Waals surface area (Å²) in [5.74, 6) is 0.794. The molecule has 0 N–H and O–H groups in total. The molecule has 0 spiro atoms. The van der Waals surface area contributed by atoms with Crippen LogP contribution in [0.4, 0.5) is 14.5 Å². The summed E-state index contributed by atoms with van der Waals surface area (Å²) in [5.41, 5.74) is 2.38. The van der Waals surface area contributed by atoms with Gasteiger partial charge in [0.2, 0.25) is 5.89 Å². The Hall–Kier alpha value is -3.78. The Morgan fingerprint density at radius 2 is 1.70 bits per heavy atom. The first kappa shape index (κ1) is 29.3. The van der Waals surface area contributed by atoms with Crippen LogP contribution < -0.4 is 9.64 Å². The van der Waals surface area contributed by atoms with Gasteiger partial charge in [0.1, 0.15) is 23.0 Å². The summed E-state index contributed by atoms with van der Waals surface area (Å²) < 4.78 is 60.1. The van der Waals surface area contributed by atoms with Gasteiger partial charge in [-0.25, -0.2) is 13.4 Å². The van der Waals surface area contributed by atoms with Crippen molar-refractivity contribution in [3.8, 4) is 34.5 Å². The van der Waals surface area contributed by atoms with Crippen molar-refractivity contribution in [3.05, 3.63) is 54.3 Å². The average Bonchev–Trinajstić information content (AvgIpc) is 3.64. The van der Waals surface area contributed by atoms with Gasteiger partial charge in [-0.3, -0.25) is 4.79 Å². The van der Waals surface area contributed by atoms with Crippen LogP contribution in [0.15, 0.2) is 52.9 Å². The number of nitriles is 1. The minimum atomic E-state index is -3.00. The van der Waals surface area contributed by atoms with Crippen molar-refractivity contribution >= 4 is 21.3 Å². The van der Waals surface area contributed by atoms with Crippen LogP contribution in [0.1, 0.15) is 56.6 Å². The van der Waals surface area contributed by atoms with Crippen molar-refractivity contribution in [1.82, 2.24) is 4.98 Å². The predicted octanol–water partition coefficient (Wildman–Crippen LogP) is 6.38. The topological polar surface area (TPSA) is 114 Å². The first-order valence-corrected chi connectivity index (χ1v) is 16.5. The van der Waals surface area contributed by atoms with Gasteiger partial charge in [0.05, 0.1) is 23.0 Å². The van der Waals surface area contributed by atoms with Crippen molar-refractivity contribution < 1.29 is 31.1 Å². The summed E-state index contributed by atoms with van der Waals surface area (Å²) in [7, 11) is -3.00. The molecule has 43 heavy (non-hydrogen) atoms. The quantitative estimate of drug-likeness (QED) is 0.275. The number of hydrogen-bond donors (Lipinski definition) is 0. The molecular weight excluding hydrogens is 576 g/mol. The monoisotopic (exact) mass is 609 g/mol. The highest BCUT2D eigenvalue weighted by Gasteiger charge is 2.47. The van der Waals surface area contributed by atoms with E-state index in [0.29, 0.717) is 36.0 Å². The molecule has 0 radical (unpaired) electrons. The molecule has 2 atom stereocenters. The molecule has 1 aliphatic heterocycles. The number of aromatic nitrogens is 1. The third-order valence-corrected chi connectivity index (χ3v) is 10.6. The zero-order valence-corrected chi connectivity index (χ0v) is 24.5. The van der Waals surface area contributed by atoms with Crippen LogP contribution in [-0.4, -0.2) is 50.4 Å². The molecule has 1 saturated heterocycles. The van der Waals surface area contributed by atoms with E-state index in [2.05, 4.69) is 10.8 Å². The average molecular weight is 610 g/mol. The van der Waals surface area contributed by atoms with Gasteiger partial charge in [-0.2, -0.15) is 14.0 Å². The van der Waals surface area contributed by atoms with E-state index in [0.717, 1.165) is 49.8 Å². The zero-order chi connectivity index (χ0) is 30.2. The normalized spacial score (nSPS) is 22.6. The lowest BCUT2D eigenvalue weighted by Crippen LogP contribution is -2.40. The molecule has 2 aliphatic carbocycles. The van der Waals surface area contributed by atoms with Gasteiger partial charge in [-0.1, -0.05) is 25.0 Å². The maximum Gasteiger partial charge on any atom is 0.387 e. The maximum atomic E-state index is 13.6. The summed E-state index contributed by atoms with van der Waals surface area (Å²) in [5, 5.41) is 9.60. The highest BCUT2D eigenvalue weighted by atomic mass is 32.2. The second-order valence-corrected chi connectivity index (χ2v) is 14.2. The lowest BCUT2D eigenvalue weighted by molar-refractivity contribution is -0.125. The van der Waals surface area contributed by atoms with Crippen LogP contribution in [0.3, 0.4) is 0 Å². The van der Waals surface area contributed by atoms with E-state index in [1.807, 2.05) is 29.2 Å². The fourth-order valence-corrected chi connectivity index (χ4v) is 7.47. The van der Waals surface area contributed by atoms with Crippen LogP contribution in [0, 0.1) is 22.7 Å². The Balaban J connectivity index is 1.34. The van der Waals surface area contributed by atoms with Crippen molar-refractivity contribution in [2.45, 2.75) is 57.5 Å². The number of rotatable bonds is 9. The predicted molar refractivity (Wildman–Crippen MR) is 156 cm³/mol. The van der Waals surface area contributed by atoms with Crippen LogP contribution in [-0.2, 0) is 14.6 Å². The molecule has 2 saturated carbocycles. The van der Waals surface area contributed by atoms with Crippen LogP contribution in [0.2, 0.25) is 0 Å². The van der Waals surface area contributed by atoms with Gasteiger partial charge in [0, 0.05) is 48.2 Å². The molecule has 3 fully saturated rings. The first-order chi connectivity index (χ1) is 20.7. The molecule has 6 rings (SSSR count). The van der Waals surface area contributed by atoms with E-state index in [4.69, 9.17) is 9.40 Å². The van der Waals surface area contributed by atoms with Crippen molar-refractivity contribution in [2.75, 3.05) is 29.5 Å². The number of sulfone groups is 1. The Bertz CT molecular complexity index is 1610. The van der Waals surface area contributed by atoms with E-state index < -0.39 is 21.9 Å². The van der Waals surface area contributed by atoms with Crippen molar-refractivity contribution in [3.63, 3.8) is 0 Å². The van der Waals surface area contributed by atoms with Crippen molar-refractivity contribution in [1.29, 1.82) is 5.26 Å². The number of carbonyl (C=O) groups is 1. The van der Waals surface area contributed by atoms with Gasteiger partial charge in [0.25, 0.3) is 0 Å². The second-order valence-electron chi connectivity index (χ2n) is 11.9. The van der Waals surface area contributed by atoms with E-state index in [9.17, 15) is 27.3 Å². The van der Waals surface area contributed by atoms with Gasteiger partial charge >= 0.3 is 6.61 Å². The molecule has 3 aromatic rings. The summed E-state index contributed by atoms with van der Waals surface area (Å²) in [6, 6.07) is 16.2. The summed E-state index contributed by atoms with van der Waals surface area (Å²) in [6.07, 6.45) is 5.09. The number of nitrogens with zero attached hydrogens (tertiary/aromatic N) is 3. The molecule has 3 aliphatic rings. The molecule has 1 aromatic heterocycles. The van der Waals surface area contributed by atoms with E-state index in [1.54, 1.807) is 12.1 Å². The van der Waals surface area contributed by atoms with Gasteiger partial charge in [0.15, 0.2) is 9.84 Å². The number of halogens is 2. The molecule has 2 aromatic carbocycles. The van der Waals surface area contributed by atoms with E-state index in [1.165, 1.54) is 12.1 Å². The van der Waals surface area contributed by atoms with E-state index in [-0.39, 0.29) is 41.3 Å². The standard InChI is InChI=1S/C32H33F2N3O5S/c33-31(34)41-24-11-7-22(8-12-24)30-36-28(21-5-9-23(10-6-21)37-15-17-43(39,40)18-16-37)29(42-30)26-4-2-1-3-25(26)27(38)19-32(20-35)13-14-32/h5-12,25-26,31H,1-4,13-19H2/t25-,26-/m1/s1. The number of Topliss-reactive ketones (excluding diaryl/α,β-unsaturated/α-hetero) is 1.